The molecule has 1 aliphatic rings. The summed E-state index contributed by atoms with van der Waals surface area (Å²) in [6, 6.07) is 2.97. The highest BCUT2D eigenvalue weighted by molar-refractivity contribution is 7.89. The lowest BCUT2D eigenvalue weighted by molar-refractivity contribution is -0.384. The molecule has 0 aromatic heterocycles. The Labute approximate surface area is 143 Å². The SMILES string of the molecule is Nc1ccc(S(=O)(=O)NCC(=O)O[C@@H]2CCCCC2=O)cc1[N+](=O)[O-]. The lowest BCUT2D eigenvalue weighted by atomic mass is 9.96. The van der Waals surface area contributed by atoms with Crippen LogP contribution >= 0.6 is 0 Å². The Bertz CT molecular complexity index is 807. The smallest absolute Gasteiger partial charge is 0.321 e. The molecule has 0 radical (unpaired) electrons. The molecule has 0 heterocycles. The number of esters is 1. The minimum atomic E-state index is -4.18. The van der Waals surface area contributed by atoms with Crippen LogP contribution in [0, 0.1) is 10.1 Å². The first-order valence-electron chi connectivity index (χ1n) is 7.46. The van der Waals surface area contributed by atoms with Gasteiger partial charge in [-0.3, -0.25) is 19.7 Å². The molecule has 0 unspecified atom stereocenters. The Kier molecular flexibility index (Phi) is 5.69. The van der Waals surface area contributed by atoms with Crippen LogP contribution in [0.2, 0.25) is 0 Å². The second-order valence-electron chi connectivity index (χ2n) is 5.49. The number of nitrogens with two attached hydrogens (primary N) is 1. The predicted octanol–water partition coefficient (Wildman–Crippen LogP) is 0.510. The number of rotatable bonds is 6. The topological polar surface area (TPSA) is 159 Å². The van der Waals surface area contributed by atoms with Crippen LogP contribution in [0.4, 0.5) is 11.4 Å². The van der Waals surface area contributed by atoms with Crippen LogP contribution in [-0.4, -0.2) is 37.7 Å². The van der Waals surface area contributed by atoms with Gasteiger partial charge < -0.3 is 10.5 Å². The summed E-state index contributed by atoms with van der Waals surface area (Å²) in [5.41, 5.74) is 4.67. The average Bonchev–Trinajstić information content (AvgIpc) is 2.55. The number of hydrogen-bond donors (Lipinski definition) is 2. The van der Waals surface area contributed by atoms with E-state index in [4.69, 9.17) is 10.5 Å². The highest BCUT2D eigenvalue weighted by Gasteiger charge is 2.27. The largest absolute Gasteiger partial charge is 0.453 e. The van der Waals surface area contributed by atoms with Crippen molar-refractivity contribution in [1.82, 2.24) is 4.72 Å². The van der Waals surface area contributed by atoms with Gasteiger partial charge in [0.1, 0.15) is 12.2 Å². The minimum absolute atomic E-state index is 0.181. The fraction of sp³-hybridized carbons (Fsp3) is 0.429. The number of hydrogen-bond acceptors (Lipinski definition) is 8. The molecule has 2 rings (SSSR count). The number of nitrogens with one attached hydrogen (secondary N) is 1. The fourth-order valence-corrected chi connectivity index (χ4v) is 3.35. The summed E-state index contributed by atoms with van der Waals surface area (Å²) < 4.78 is 31.2. The van der Waals surface area contributed by atoms with Gasteiger partial charge in [-0.05, 0) is 31.4 Å². The zero-order valence-corrected chi connectivity index (χ0v) is 14.0. The minimum Gasteiger partial charge on any atom is -0.453 e. The number of ether oxygens (including phenoxy) is 1. The van der Waals surface area contributed by atoms with Crippen molar-refractivity contribution in [1.29, 1.82) is 0 Å². The maximum atomic E-state index is 12.1. The van der Waals surface area contributed by atoms with Crippen LogP contribution < -0.4 is 10.5 Å². The first-order valence-corrected chi connectivity index (χ1v) is 8.95. The first kappa shape index (κ1) is 18.8. The molecule has 25 heavy (non-hydrogen) atoms. The molecule has 1 atom stereocenters. The van der Waals surface area contributed by atoms with Crippen LogP contribution in [0.25, 0.3) is 0 Å². The van der Waals surface area contributed by atoms with Gasteiger partial charge in [-0.25, -0.2) is 8.42 Å². The van der Waals surface area contributed by atoms with E-state index in [1.165, 1.54) is 0 Å². The normalized spacial score (nSPS) is 17.9. The third-order valence-electron chi connectivity index (χ3n) is 3.69. The van der Waals surface area contributed by atoms with Crippen molar-refractivity contribution < 1.29 is 27.7 Å². The lowest BCUT2D eigenvalue weighted by Crippen LogP contribution is -2.36. The summed E-state index contributed by atoms with van der Waals surface area (Å²) in [6.07, 6.45) is 1.41. The first-order chi connectivity index (χ1) is 11.7. The van der Waals surface area contributed by atoms with E-state index >= 15 is 0 Å². The van der Waals surface area contributed by atoms with E-state index < -0.39 is 44.1 Å². The van der Waals surface area contributed by atoms with Crippen molar-refractivity contribution in [3.8, 4) is 0 Å². The highest BCUT2D eigenvalue weighted by Crippen LogP contribution is 2.24. The Morgan fingerprint density at radius 3 is 2.76 bits per heavy atom. The van der Waals surface area contributed by atoms with Crippen LogP contribution in [0.1, 0.15) is 25.7 Å². The van der Waals surface area contributed by atoms with Gasteiger partial charge in [0.15, 0.2) is 11.9 Å². The number of nitro groups is 1. The quantitative estimate of drug-likeness (QED) is 0.317. The molecule has 1 aromatic carbocycles. The molecule has 11 heteroatoms. The highest BCUT2D eigenvalue weighted by atomic mass is 32.2. The number of ketones is 1. The number of anilines is 1. The Morgan fingerprint density at radius 2 is 2.12 bits per heavy atom. The molecule has 1 saturated carbocycles. The van der Waals surface area contributed by atoms with Gasteiger partial charge >= 0.3 is 5.97 Å². The monoisotopic (exact) mass is 371 g/mol. The molecule has 0 spiro atoms. The van der Waals surface area contributed by atoms with Crippen molar-refractivity contribution in [3.63, 3.8) is 0 Å². The third-order valence-corrected chi connectivity index (χ3v) is 5.09. The van der Waals surface area contributed by atoms with Crippen molar-refractivity contribution in [3.05, 3.63) is 28.3 Å². The van der Waals surface area contributed by atoms with Crippen molar-refractivity contribution >= 4 is 33.2 Å². The maximum Gasteiger partial charge on any atom is 0.321 e. The van der Waals surface area contributed by atoms with E-state index in [9.17, 15) is 28.1 Å². The van der Waals surface area contributed by atoms with E-state index in [-0.39, 0.29) is 11.5 Å². The number of benzene rings is 1. The molecule has 136 valence electrons. The maximum absolute atomic E-state index is 12.1. The van der Waals surface area contributed by atoms with E-state index in [0.29, 0.717) is 12.8 Å². The molecule has 1 aromatic rings. The van der Waals surface area contributed by atoms with Crippen molar-refractivity contribution in [2.45, 2.75) is 36.7 Å². The molecule has 0 aliphatic heterocycles. The number of carbonyl (C=O) groups excluding carboxylic acids is 2. The third kappa shape index (κ3) is 4.73. The molecule has 10 nitrogen and oxygen atoms in total. The molecule has 1 fully saturated rings. The standard InChI is InChI=1S/C14H17N3O7S/c15-10-6-5-9(7-11(10)17(20)21)25(22,23)16-8-14(19)24-13-4-2-1-3-12(13)18/h5-7,13,16H,1-4,8,15H2/t13-/m1/s1. The zero-order chi connectivity index (χ0) is 18.6. The van der Waals surface area contributed by atoms with Gasteiger partial charge in [-0.2, -0.15) is 4.72 Å². The summed E-state index contributed by atoms with van der Waals surface area (Å²) in [6.45, 7) is -0.690. The summed E-state index contributed by atoms with van der Waals surface area (Å²) in [7, 11) is -4.18. The van der Waals surface area contributed by atoms with Crippen molar-refractivity contribution in [2.75, 3.05) is 12.3 Å². The summed E-state index contributed by atoms with van der Waals surface area (Å²) in [5.74, 6) is -1.08. The molecule has 0 amide bonds. The van der Waals surface area contributed by atoms with Crippen LogP contribution in [0.15, 0.2) is 23.1 Å². The molecular formula is C14H17N3O7S. The number of Topliss-reactive ketones (excluding diaryl/α,β-unsaturated/α-hetero) is 1. The Morgan fingerprint density at radius 1 is 1.40 bits per heavy atom. The van der Waals surface area contributed by atoms with Crippen LogP contribution in [-0.2, 0) is 24.3 Å². The molecular weight excluding hydrogens is 354 g/mol. The van der Waals surface area contributed by atoms with Crippen LogP contribution in [0.5, 0.6) is 0 Å². The van der Waals surface area contributed by atoms with E-state index in [1.807, 2.05) is 4.72 Å². The van der Waals surface area contributed by atoms with Gasteiger partial charge in [0.25, 0.3) is 5.69 Å². The molecule has 0 saturated heterocycles. The van der Waals surface area contributed by atoms with Gasteiger partial charge in [0, 0.05) is 12.5 Å². The lowest BCUT2D eigenvalue weighted by Gasteiger charge is -2.20. The second kappa shape index (κ2) is 7.57. The number of sulfonamides is 1. The zero-order valence-electron chi connectivity index (χ0n) is 13.1. The van der Waals surface area contributed by atoms with Crippen molar-refractivity contribution in [2.24, 2.45) is 0 Å². The summed E-state index contributed by atoms with van der Waals surface area (Å²) in [5, 5.41) is 10.8. The molecule has 1 aliphatic carbocycles. The predicted molar refractivity (Wildman–Crippen MR) is 86.1 cm³/mol. The Balaban J connectivity index is 2.01. The molecule has 0 bridgehead atoms. The van der Waals surface area contributed by atoms with Gasteiger partial charge in [-0.15, -0.1) is 0 Å². The van der Waals surface area contributed by atoms with E-state index in [2.05, 4.69) is 0 Å². The van der Waals surface area contributed by atoms with Gasteiger partial charge in [0.2, 0.25) is 10.0 Å². The Hall–Kier alpha value is -2.53. The second-order valence-corrected chi connectivity index (χ2v) is 7.26. The number of nitrogen functional groups attached to an aromatic ring is 1. The van der Waals surface area contributed by atoms with Gasteiger partial charge in [0.05, 0.1) is 9.82 Å². The summed E-state index contributed by atoms with van der Waals surface area (Å²) in [4.78, 5) is 32.9. The van der Waals surface area contributed by atoms with E-state index in [0.717, 1.165) is 31.0 Å². The molecule has 3 N–H and O–H groups in total. The number of nitro benzene ring substituents is 1. The summed E-state index contributed by atoms with van der Waals surface area (Å²) >= 11 is 0. The van der Waals surface area contributed by atoms with E-state index in [1.54, 1.807) is 0 Å². The van der Waals surface area contributed by atoms with Gasteiger partial charge in [-0.1, -0.05) is 0 Å². The fourth-order valence-electron chi connectivity index (χ4n) is 2.36. The van der Waals surface area contributed by atoms with Crippen LogP contribution in [0.3, 0.4) is 0 Å². The average molecular weight is 371 g/mol. The number of carbonyl (C=O) groups is 2. The number of nitrogens with zero attached hydrogens (tertiary/aromatic N) is 1.